The summed E-state index contributed by atoms with van der Waals surface area (Å²) in [4.78, 5) is 13.2. The Morgan fingerprint density at radius 3 is 2.70 bits per heavy atom. The van der Waals surface area contributed by atoms with Crippen LogP contribution in [0.25, 0.3) is 10.8 Å². The fourth-order valence-electron chi connectivity index (χ4n) is 2.24. The lowest BCUT2D eigenvalue weighted by Crippen LogP contribution is -2.13. The largest absolute Gasteiger partial charge is 0.325 e. The maximum atomic E-state index is 12.1. The summed E-state index contributed by atoms with van der Waals surface area (Å²) in [5.41, 5.74) is 0.727. The minimum absolute atomic E-state index is 0.0443. The molecule has 0 heterocycles. The highest BCUT2D eigenvalue weighted by atomic mass is 79.9. The van der Waals surface area contributed by atoms with Crippen molar-refractivity contribution in [2.45, 2.75) is 4.90 Å². The quantitative estimate of drug-likeness (QED) is 0.539. The number of carbonyl (C=O) groups excluding carboxylic acids is 1. The molecule has 0 aromatic heterocycles. The Morgan fingerprint density at radius 2 is 1.87 bits per heavy atom. The van der Waals surface area contributed by atoms with Gasteiger partial charge in [-0.05, 0) is 51.0 Å². The summed E-state index contributed by atoms with van der Waals surface area (Å²) in [7, 11) is 0. The molecule has 0 radical (unpaired) electrons. The Bertz CT molecular complexity index is 863. The molecule has 1 amide bonds. The first-order valence-electron chi connectivity index (χ1n) is 6.99. The van der Waals surface area contributed by atoms with Gasteiger partial charge < -0.3 is 5.32 Å². The predicted octanol–water partition coefficient (Wildman–Crippen LogP) is 5.99. The SMILES string of the molecule is O=C(CSc1cccc2ccccc12)Nc1ccc(Cl)c(Br)c1. The summed E-state index contributed by atoms with van der Waals surface area (Å²) in [5.74, 6) is 0.311. The molecule has 0 saturated heterocycles. The van der Waals surface area contributed by atoms with Gasteiger partial charge in [0.1, 0.15) is 0 Å². The number of carbonyl (C=O) groups is 1. The summed E-state index contributed by atoms with van der Waals surface area (Å²) in [6.45, 7) is 0. The maximum absolute atomic E-state index is 12.1. The fourth-order valence-corrected chi connectivity index (χ4v) is 3.61. The molecule has 0 aliphatic carbocycles. The van der Waals surface area contributed by atoms with Crippen LogP contribution in [0.5, 0.6) is 0 Å². The summed E-state index contributed by atoms with van der Waals surface area (Å²) in [5, 5.41) is 5.85. The number of anilines is 1. The summed E-state index contributed by atoms with van der Waals surface area (Å²) >= 11 is 10.8. The first-order chi connectivity index (χ1) is 11.1. The van der Waals surface area contributed by atoms with Crippen LogP contribution < -0.4 is 5.32 Å². The highest BCUT2D eigenvalue weighted by Crippen LogP contribution is 2.28. The van der Waals surface area contributed by atoms with E-state index in [1.54, 1.807) is 18.2 Å². The second-order valence-corrected chi connectivity index (χ2v) is 7.22. The molecular weight excluding hydrogens is 394 g/mol. The van der Waals surface area contributed by atoms with Gasteiger partial charge in [-0.2, -0.15) is 0 Å². The normalized spacial score (nSPS) is 10.7. The third-order valence-electron chi connectivity index (χ3n) is 3.31. The number of hydrogen-bond donors (Lipinski definition) is 1. The van der Waals surface area contributed by atoms with Crippen LogP contribution >= 0.6 is 39.3 Å². The van der Waals surface area contributed by atoms with Crippen molar-refractivity contribution in [3.63, 3.8) is 0 Å². The average molecular weight is 407 g/mol. The zero-order valence-electron chi connectivity index (χ0n) is 12.1. The van der Waals surface area contributed by atoms with Crippen molar-refractivity contribution in [1.29, 1.82) is 0 Å². The van der Waals surface area contributed by atoms with Gasteiger partial charge in [0.05, 0.1) is 10.8 Å². The zero-order valence-corrected chi connectivity index (χ0v) is 15.2. The third kappa shape index (κ3) is 4.08. The molecule has 0 saturated carbocycles. The van der Waals surface area contributed by atoms with Crippen molar-refractivity contribution in [2.24, 2.45) is 0 Å². The van der Waals surface area contributed by atoms with Crippen molar-refractivity contribution in [3.8, 4) is 0 Å². The Kier molecular flexibility index (Phi) is 5.26. The van der Waals surface area contributed by atoms with Gasteiger partial charge in [0.15, 0.2) is 0 Å². The van der Waals surface area contributed by atoms with E-state index >= 15 is 0 Å². The van der Waals surface area contributed by atoms with Crippen LogP contribution in [0.1, 0.15) is 0 Å². The van der Waals surface area contributed by atoms with E-state index in [0.29, 0.717) is 10.8 Å². The Labute approximate surface area is 152 Å². The standard InChI is InChI=1S/C18H13BrClNOS/c19-15-10-13(8-9-16(15)20)21-18(22)11-23-17-7-3-5-12-4-1-2-6-14(12)17/h1-10H,11H2,(H,21,22). The van der Waals surface area contributed by atoms with Crippen LogP contribution in [0.2, 0.25) is 5.02 Å². The highest BCUT2D eigenvalue weighted by molar-refractivity contribution is 9.10. The lowest BCUT2D eigenvalue weighted by molar-refractivity contribution is -0.113. The molecule has 1 N–H and O–H groups in total. The molecule has 0 unspecified atom stereocenters. The maximum Gasteiger partial charge on any atom is 0.234 e. The van der Waals surface area contributed by atoms with Crippen LogP contribution in [-0.4, -0.2) is 11.7 Å². The summed E-state index contributed by atoms with van der Waals surface area (Å²) in [6.07, 6.45) is 0. The fraction of sp³-hybridized carbons (Fsp3) is 0.0556. The smallest absolute Gasteiger partial charge is 0.234 e. The molecule has 0 bridgehead atoms. The molecule has 2 nitrogen and oxygen atoms in total. The molecular formula is C18H13BrClNOS. The molecule has 0 atom stereocenters. The van der Waals surface area contributed by atoms with E-state index in [1.165, 1.54) is 22.5 Å². The molecule has 0 spiro atoms. The Morgan fingerprint density at radius 1 is 1.09 bits per heavy atom. The highest BCUT2D eigenvalue weighted by Gasteiger charge is 2.07. The van der Waals surface area contributed by atoms with Gasteiger partial charge in [0.2, 0.25) is 5.91 Å². The molecule has 116 valence electrons. The molecule has 5 heteroatoms. The molecule has 3 aromatic rings. The topological polar surface area (TPSA) is 29.1 Å². The molecule has 0 aliphatic heterocycles. The second kappa shape index (κ2) is 7.39. The van der Waals surface area contributed by atoms with E-state index in [-0.39, 0.29) is 5.91 Å². The van der Waals surface area contributed by atoms with Gasteiger partial charge in [0.25, 0.3) is 0 Å². The van der Waals surface area contributed by atoms with E-state index in [9.17, 15) is 4.79 Å². The number of amides is 1. The third-order valence-corrected chi connectivity index (χ3v) is 5.60. The monoisotopic (exact) mass is 405 g/mol. The van der Waals surface area contributed by atoms with Crippen molar-refractivity contribution >= 4 is 61.7 Å². The van der Waals surface area contributed by atoms with Gasteiger partial charge in [-0.1, -0.05) is 48.0 Å². The average Bonchev–Trinajstić information content (AvgIpc) is 2.56. The van der Waals surface area contributed by atoms with Gasteiger partial charge >= 0.3 is 0 Å². The molecule has 0 aliphatic rings. The number of hydrogen-bond acceptors (Lipinski definition) is 2. The van der Waals surface area contributed by atoms with E-state index in [2.05, 4.69) is 39.4 Å². The van der Waals surface area contributed by atoms with E-state index < -0.39 is 0 Å². The summed E-state index contributed by atoms with van der Waals surface area (Å²) < 4.78 is 0.763. The number of fused-ring (bicyclic) bond motifs is 1. The second-order valence-electron chi connectivity index (χ2n) is 4.94. The number of rotatable bonds is 4. The summed E-state index contributed by atoms with van der Waals surface area (Å²) in [6, 6.07) is 19.6. The van der Waals surface area contributed by atoms with Crippen LogP contribution in [-0.2, 0) is 4.79 Å². The Hall–Kier alpha value is -1.49. The minimum atomic E-state index is -0.0443. The van der Waals surface area contributed by atoms with Gasteiger partial charge in [-0.25, -0.2) is 0 Å². The van der Waals surface area contributed by atoms with Crippen LogP contribution in [0, 0.1) is 0 Å². The first kappa shape index (κ1) is 16.4. The number of halogens is 2. The molecule has 3 aromatic carbocycles. The van der Waals surface area contributed by atoms with Gasteiger partial charge in [-0.15, -0.1) is 11.8 Å². The number of thioether (sulfide) groups is 1. The van der Waals surface area contributed by atoms with Gasteiger partial charge in [0, 0.05) is 15.1 Å². The zero-order chi connectivity index (χ0) is 16.2. The van der Waals surface area contributed by atoms with E-state index in [4.69, 9.17) is 11.6 Å². The van der Waals surface area contributed by atoms with Gasteiger partial charge in [-0.3, -0.25) is 4.79 Å². The van der Waals surface area contributed by atoms with Crippen LogP contribution in [0.3, 0.4) is 0 Å². The predicted molar refractivity (Wildman–Crippen MR) is 102 cm³/mol. The Balaban J connectivity index is 1.67. The van der Waals surface area contributed by atoms with Crippen molar-refractivity contribution in [2.75, 3.05) is 11.1 Å². The van der Waals surface area contributed by atoms with Crippen molar-refractivity contribution < 1.29 is 4.79 Å². The van der Waals surface area contributed by atoms with Crippen LogP contribution in [0.15, 0.2) is 70.0 Å². The minimum Gasteiger partial charge on any atom is -0.325 e. The van der Waals surface area contributed by atoms with E-state index in [1.807, 2.05) is 24.3 Å². The van der Waals surface area contributed by atoms with E-state index in [0.717, 1.165) is 15.1 Å². The number of benzene rings is 3. The first-order valence-corrected chi connectivity index (χ1v) is 9.14. The lowest BCUT2D eigenvalue weighted by atomic mass is 10.1. The van der Waals surface area contributed by atoms with Crippen LogP contribution in [0.4, 0.5) is 5.69 Å². The lowest BCUT2D eigenvalue weighted by Gasteiger charge is -2.08. The number of nitrogens with one attached hydrogen (secondary N) is 1. The van der Waals surface area contributed by atoms with Crippen molar-refractivity contribution in [3.05, 3.63) is 70.2 Å². The van der Waals surface area contributed by atoms with Crippen molar-refractivity contribution in [1.82, 2.24) is 0 Å². The molecule has 23 heavy (non-hydrogen) atoms. The molecule has 3 rings (SSSR count). The molecule has 0 fully saturated rings.